The summed E-state index contributed by atoms with van der Waals surface area (Å²) in [5, 5.41) is 12.0. The van der Waals surface area contributed by atoms with Crippen molar-refractivity contribution in [3.63, 3.8) is 0 Å². The number of hydrogen-bond acceptors (Lipinski definition) is 4. The van der Waals surface area contributed by atoms with Crippen LogP contribution in [-0.4, -0.2) is 24.8 Å². The number of nitriles is 1. The second-order valence-electron chi connectivity index (χ2n) is 5.23. The van der Waals surface area contributed by atoms with Gasteiger partial charge >= 0.3 is 0 Å². The smallest absolute Gasteiger partial charge is 0.126 e. The minimum Gasteiger partial charge on any atom is -0.378 e. The zero-order chi connectivity index (χ0) is 13.4. The Kier molecular flexibility index (Phi) is 3.13. The zero-order valence-electron chi connectivity index (χ0n) is 10.5. The Labute approximate surface area is 111 Å². The van der Waals surface area contributed by atoms with Crippen LogP contribution in [-0.2, 0) is 4.74 Å². The number of fused-ring (bicyclic) bond motifs is 1. The first-order valence-corrected chi connectivity index (χ1v) is 6.53. The third kappa shape index (κ3) is 2.18. The lowest BCUT2D eigenvalue weighted by molar-refractivity contribution is -0.104. The number of halogens is 1. The molecule has 4 unspecified atom stereocenters. The minimum atomic E-state index is -0.421. The number of nitrogens with one attached hydrogen (secondary N) is 1. The van der Waals surface area contributed by atoms with Crippen molar-refractivity contribution in [1.82, 2.24) is 0 Å². The second-order valence-corrected chi connectivity index (χ2v) is 5.23. The van der Waals surface area contributed by atoms with Gasteiger partial charge in [-0.25, -0.2) is 4.39 Å². The van der Waals surface area contributed by atoms with E-state index >= 15 is 0 Å². The SMILES string of the molecule is N#Cc1cc(F)cc(NC2C(N)C3CCCOC32)c1. The summed E-state index contributed by atoms with van der Waals surface area (Å²) in [6.45, 7) is 0.763. The number of hydrogen-bond donors (Lipinski definition) is 2. The third-order valence-corrected chi connectivity index (χ3v) is 4.04. The highest BCUT2D eigenvalue weighted by molar-refractivity contribution is 5.51. The van der Waals surface area contributed by atoms with Crippen molar-refractivity contribution in [3.8, 4) is 6.07 Å². The van der Waals surface area contributed by atoms with Crippen molar-refractivity contribution in [2.75, 3.05) is 11.9 Å². The normalized spacial score (nSPS) is 32.9. The Bertz CT molecular complexity index is 528. The van der Waals surface area contributed by atoms with E-state index < -0.39 is 5.82 Å². The molecule has 1 saturated heterocycles. The molecule has 4 atom stereocenters. The molecule has 0 radical (unpaired) electrons. The Morgan fingerprint density at radius 3 is 3.05 bits per heavy atom. The first-order chi connectivity index (χ1) is 9.19. The summed E-state index contributed by atoms with van der Waals surface area (Å²) in [7, 11) is 0. The monoisotopic (exact) mass is 261 g/mol. The zero-order valence-corrected chi connectivity index (χ0v) is 10.5. The van der Waals surface area contributed by atoms with Crippen LogP contribution in [0.4, 0.5) is 10.1 Å². The number of benzene rings is 1. The predicted octanol–water partition coefficient (Wildman–Crippen LogP) is 1.61. The topological polar surface area (TPSA) is 71.1 Å². The fraction of sp³-hybridized carbons (Fsp3) is 0.500. The Balaban J connectivity index is 1.75. The summed E-state index contributed by atoms with van der Waals surface area (Å²) in [6, 6.07) is 6.19. The Hall–Kier alpha value is -1.64. The highest BCUT2D eigenvalue weighted by Gasteiger charge is 2.50. The van der Waals surface area contributed by atoms with Gasteiger partial charge in [-0.05, 0) is 31.0 Å². The van der Waals surface area contributed by atoms with Crippen LogP contribution in [0.25, 0.3) is 0 Å². The van der Waals surface area contributed by atoms with Gasteiger partial charge in [0, 0.05) is 24.3 Å². The van der Waals surface area contributed by atoms with E-state index in [2.05, 4.69) is 5.32 Å². The van der Waals surface area contributed by atoms with Crippen LogP contribution in [0, 0.1) is 23.1 Å². The van der Waals surface area contributed by atoms with Crippen LogP contribution in [0.15, 0.2) is 18.2 Å². The molecule has 2 fully saturated rings. The molecule has 0 spiro atoms. The van der Waals surface area contributed by atoms with Gasteiger partial charge in [-0.15, -0.1) is 0 Å². The molecule has 1 heterocycles. The van der Waals surface area contributed by atoms with Crippen LogP contribution >= 0.6 is 0 Å². The van der Waals surface area contributed by atoms with E-state index in [1.165, 1.54) is 12.1 Å². The van der Waals surface area contributed by atoms with Crippen LogP contribution in [0.5, 0.6) is 0 Å². The standard InChI is InChI=1S/C14H16FN3O/c15-9-4-8(7-16)5-10(6-9)18-13-12(17)11-2-1-3-19-14(11)13/h4-6,11-14,18H,1-3,17H2. The lowest BCUT2D eigenvalue weighted by Crippen LogP contribution is -2.69. The fourth-order valence-electron chi connectivity index (χ4n) is 3.06. The third-order valence-electron chi connectivity index (χ3n) is 4.04. The average Bonchev–Trinajstić information content (AvgIpc) is 2.43. The molecule has 1 saturated carbocycles. The molecular weight excluding hydrogens is 245 g/mol. The summed E-state index contributed by atoms with van der Waals surface area (Å²) in [5.41, 5.74) is 7.02. The van der Waals surface area contributed by atoms with E-state index in [1.54, 1.807) is 6.07 Å². The molecule has 5 heteroatoms. The minimum absolute atomic E-state index is 0.00126. The van der Waals surface area contributed by atoms with Crippen LogP contribution in [0.1, 0.15) is 18.4 Å². The summed E-state index contributed by atoms with van der Waals surface area (Å²) in [6.07, 6.45) is 2.26. The van der Waals surface area contributed by atoms with Crippen LogP contribution in [0.2, 0.25) is 0 Å². The quantitative estimate of drug-likeness (QED) is 0.848. The van der Waals surface area contributed by atoms with Gasteiger partial charge < -0.3 is 15.8 Å². The first kappa shape index (κ1) is 12.4. The first-order valence-electron chi connectivity index (χ1n) is 6.53. The molecule has 1 aliphatic carbocycles. The summed E-state index contributed by atoms with van der Waals surface area (Å²) in [5.74, 6) is -0.0224. The summed E-state index contributed by atoms with van der Waals surface area (Å²) in [4.78, 5) is 0. The van der Waals surface area contributed by atoms with E-state index in [4.69, 9.17) is 15.7 Å². The molecule has 2 aliphatic rings. The fourth-order valence-corrected chi connectivity index (χ4v) is 3.06. The molecule has 0 amide bonds. The number of nitrogens with zero attached hydrogens (tertiary/aromatic N) is 1. The van der Waals surface area contributed by atoms with E-state index in [1.807, 2.05) is 6.07 Å². The summed E-state index contributed by atoms with van der Waals surface area (Å²) < 4.78 is 19.1. The van der Waals surface area contributed by atoms with E-state index in [-0.39, 0.29) is 18.2 Å². The Morgan fingerprint density at radius 2 is 2.26 bits per heavy atom. The molecule has 1 aromatic carbocycles. The van der Waals surface area contributed by atoms with Gasteiger partial charge in [0.25, 0.3) is 0 Å². The van der Waals surface area contributed by atoms with Crippen molar-refractivity contribution in [1.29, 1.82) is 5.26 Å². The second kappa shape index (κ2) is 4.80. The van der Waals surface area contributed by atoms with Gasteiger partial charge in [-0.3, -0.25) is 0 Å². The Morgan fingerprint density at radius 1 is 1.42 bits per heavy atom. The lowest BCUT2D eigenvalue weighted by Gasteiger charge is -2.52. The van der Waals surface area contributed by atoms with Gasteiger partial charge in [0.2, 0.25) is 0 Å². The molecule has 3 N–H and O–H groups in total. The number of anilines is 1. The maximum Gasteiger partial charge on any atom is 0.126 e. The van der Waals surface area contributed by atoms with Crippen molar-refractivity contribution in [2.24, 2.45) is 11.7 Å². The van der Waals surface area contributed by atoms with E-state index in [9.17, 15) is 4.39 Å². The average molecular weight is 261 g/mol. The van der Waals surface area contributed by atoms with Gasteiger partial charge in [0.1, 0.15) is 5.82 Å². The molecule has 0 aromatic heterocycles. The molecular formula is C14H16FN3O. The highest BCUT2D eigenvalue weighted by atomic mass is 19.1. The predicted molar refractivity (Wildman–Crippen MR) is 69.0 cm³/mol. The van der Waals surface area contributed by atoms with Crippen molar-refractivity contribution in [3.05, 3.63) is 29.6 Å². The summed E-state index contributed by atoms with van der Waals surface area (Å²) >= 11 is 0. The van der Waals surface area contributed by atoms with Crippen LogP contribution < -0.4 is 11.1 Å². The van der Waals surface area contributed by atoms with Crippen molar-refractivity contribution in [2.45, 2.75) is 31.0 Å². The number of rotatable bonds is 2. The van der Waals surface area contributed by atoms with Gasteiger partial charge in [-0.2, -0.15) is 5.26 Å². The molecule has 0 bridgehead atoms. The number of nitrogens with two attached hydrogens (primary N) is 1. The van der Waals surface area contributed by atoms with Gasteiger partial charge in [-0.1, -0.05) is 0 Å². The molecule has 100 valence electrons. The largest absolute Gasteiger partial charge is 0.378 e. The number of ether oxygens (including phenoxy) is 1. The van der Waals surface area contributed by atoms with Crippen molar-refractivity contribution >= 4 is 5.69 Å². The van der Waals surface area contributed by atoms with E-state index in [0.717, 1.165) is 19.4 Å². The van der Waals surface area contributed by atoms with Crippen molar-refractivity contribution < 1.29 is 9.13 Å². The molecule has 4 nitrogen and oxygen atoms in total. The molecule has 1 aromatic rings. The molecule has 19 heavy (non-hydrogen) atoms. The lowest BCUT2D eigenvalue weighted by atomic mass is 9.68. The highest BCUT2D eigenvalue weighted by Crippen LogP contribution is 2.38. The maximum atomic E-state index is 13.4. The van der Waals surface area contributed by atoms with Gasteiger partial charge in [0.15, 0.2) is 0 Å². The molecule has 1 aliphatic heterocycles. The maximum absolute atomic E-state index is 13.4. The van der Waals surface area contributed by atoms with E-state index in [0.29, 0.717) is 17.2 Å². The van der Waals surface area contributed by atoms with Crippen LogP contribution in [0.3, 0.4) is 0 Å². The van der Waals surface area contributed by atoms with Gasteiger partial charge in [0.05, 0.1) is 23.8 Å². The molecule has 3 rings (SSSR count).